The van der Waals surface area contributed by atoms with Crippen LogP contribution in [0, 0.1) is 0 Å². The Morgan fingerprint density at radius 1 is 1.53 bits per heavy atom. The molecule has 2 heterocycles. The van der Waals surface area contributed by atoms with Gasteiger partial charge in [0.25, 0.3) is 0 Å². The third-order valence-electron chi connectivity index (χ3n) is 2.77. The topological polar surface area (TPSA) is 79.0 Å². The van der Waals surface area contributed by atoms with Crippen LogP contribution in [0.5, 0.6) is 0 Å². The predicted octanol–water partition coefficient (Wildman–Crippen LogP) is -0.205. The Labute approximate surface area is 100 Å². The Balaban J connectivity index is 1.60. The van der Waals surface area contributed by atoms with E-state index < -0.39 is 0 Å². The monoisotopic (exact) mass is 238 g/mol. The third-order valence-corrected chi connectivity index (χ3v) is 2.77. The van der Waals surface area contributed by atoms with Crippen LogP contribution in [-0.2, 0) is 16.1 Å². The number of ether oxygens (including phenoxy) is 1. The number of hydrogen-bond acceptors (Lipinski definition) is 4. The van der Waals surface area contributed by atoms with Crippen LogP contribution < -0.4 is 10.6 Å². The van der Waals surface area contributed by atoms with Gasteiger partial charge in [0.15, 0.2) is 0 Å². The molecule has 0 aromatic carbocycles. The molecule has 0 spiro atoms. The van der Waals surface area contributed by atoms with Gasteiger partial charge < -0.3 is 15.4 Å². The van der Waals surface area contributed by atoms with E-state index in [1.165, 1.54) is 0 Å². The number of carbonyl (C=O) groups is 1. The molecule has 0 saturated carbocycles. The summed E-state index contributed by atoms with van der Waals surface area (Å²) in [5.74, 6) is -0.0851. The largest absolute Gasteiger partial charge is 0.368 e. The maximum absolute atomic E-state index is 11.5. The number of hydrogen-bond donors (Lipinski definition) is 3. The van der Waals surface area contributed by atoms with Crippen LogP contribution in [0.25, 0.3) is 0 Å². The van der Waals surface area contributed by atoms with Crippen molar-refractivity contribution in [1.29, 1.82) is 0 Å². The predicted molar refractivity (Wildman–Crippen MR) is 62.3 cm³/mol. The highest BCUT2D eigenvalue weighted by Gasteiger charge is 2.14. The van der Waals surface area contributed by atoms with E-state index in [-0.39, 0.29) is 18.6 Å². The van der Waals surface area contributed by atoms with Crippen LogP contribution in [-0.4, -0.2) is 41.9 Å². The van der Waals surface area contributed by atoms with Gasteiger partial charge in [-0.25, -0.2) is 0 Å². The average Bonchev–Trinajstić information content (AvgIpc) is 2.88. The number of nitrogens with zero attached hydrogens (tertiary/aromatic N) is 1. The lowest BCUT2D eigenvalue weighted by Crippen LogP contribution is -2.35. The lowest BCUT2D eigenvalue weighted by atomic mass is 10.1. The summed E-state index contributed by atoms with van der Waals surface area (Å²) in [6, 6.07) is 1.83. The quantitative estimate of drug-likeness (QED) is 0.663. The normalized spacial score (nSPS) is 16.9. The van der Waals surface area contributed by atoms with Crippen molar-refractivity contribution in [3.05, 3.63) is 18.0 Å². The van der Waals surface area contributed by atoms with Gasteiger partial charge in [-0.1, -0.05) is 0 Å². The molecule has 0 atom stereocenters. The first kappa shape index (κ1) is 12.1. The lowest BCUT2D eigenvalue weighted by molar-refractivity contribution is -0.128. The number of rotatable bonds is 5. The summed E-state index contributed by atoms with van der Waals surface area (Å²) in [7, 11) is 0. The first-order valence-corrected chi connectivity index (χ1v) is 5.92. The molecule has 1 amide bonds. The molecule has 1 fully saturated rings. The van der Waals surface area contributed by atoms with Crippen LogP contribution in [0.4, 0.5) is 0 Å². The first-order chi connectivity index (χ1) is 8.34. The summed E-state index contributed by atoms with van der Waals surface area (Å²) in [4.78, 5) is 11.5. The number of nitrogens with one attached hydrogen (secondary N) is 3. The molecule has 6 heteroatoms. The number of piperidine rings is 1. The Hall–Kier alpha value is -1.40. The van der Waals surface area contributed by atoms with Crippen molar-refractivity contribution in [2.24, 2.45) is 0 Å². The van der Waals surface area contributed by atoms with Crippen LogP contribution in [0.3, 0.4) is 0 Å². The molecule has 1 aromatic rings. The fourth-order valence-corrected chi connectivity index (χ4v) is 1.78. The van der Waals surface area contributed by atoms with Crippen molar-refractivity contribution < 1.29 is 9.53 Å². The van der Waals surface area contributed by atoms with Gasteiger partial charge in [0.1, 0.15) is 6.61 Å². The molecule has 2 rings (SSSR count). The minimum Gasteiger partial charge on any atom is -0.368 e. The van der Waals surface area contributed by atoms with Crippen molar-refractivity contribution in [3.63, 3.8) is 0 Å². The molecule has 0 radical (unpaired) electrons. The highest BCUT2D eigenvalue weighted by molar-refractivity contribution is 5.77. The molecule has 0 bridgehead atoms. The molecule has 3 N–H and O–H groups in total. The fourth-order valence-electron chi connectivity index (χ4n) is 1.78. The first-order valence-electron chi connectivity index (χ1n) is 5.92. The van der Waals surface area contributed by atoms with Crippen LogP contribution >= 0.6 is 0 Å². The van der Waals surface area contributed by atoms with Crippen molar-refractivity contribution >= 4 is 5.91 Å². The van der Waals surface area contributed by atoms with Crippen molar-refractivity contribution in [2.45, 2.75) is 25.5 Å². The second-order valence-corrected chi connectivity index (χ2v) is 4.12. The summed E-state index contributed by atoms with van der Waals surface area (Å²) in [6.07, 6.45) is 3.84. The molecule has 0 aliphatic carbocycles. The standard InChI is InChI=1S/C11H18N4O2/c16-11(13-7-9-1-6-14-15-9)8-17-10-2-4-12-5-3-10/h1,6,10,12H,2-5,7-8H2,(H,13,16)(H,14,15). The highest BCUT2D eigenvalue weighted by atomic mass is 16.5. The van der Waals surface area contributed by atoms with Gasteiger partial charge in [-0.05, 0) is 32.0 Å². The summed E-state index contributed by atoms with van der Waals surface area (Å²) in [5.41, 5.74) is 0.889. The van der Waals surface area contributed by atoms with E-state index in [9.17, 15) is 4.79 Å². The minimum atomic E-state index is -0.0851. The number of H-pyrrole nitrogens is 1. The van der Waals surface area contributed by atoms with Crippen LogP contribution in [0.15, 0.2) is 12.3 Å². The Kier molecular flexibility index (Phi) is 4.52. The third kappa shape index (κ3) is 4.16. The summed E-state index contributed by atoms with van der Waals surface area (Å²) in [5, 5.41) is 12.6. The molecule has 1 aliphatic heterocycles. The SMILES string of the molecule is O=C(COC1CCNCC1)NCc1ccn[nH]1. The van der Waals surface area contributed by atoms with Crippen molar-refractivity contribution in [1.82, 2.24) is 20.8 Å². The second-order valence-electron chi connectivity index (χ2n) is 4.12. The smallest absolute Gasteiger partial charge is 0.246 e. The van der Waals surface area contributed by atoms with Crippen molar-refractivity contribution in [2.75, 3.05) is 19.7 Å². The number of aromatic nitrogens is 2. The van der Waals surface area contributed by atoms with E-state index >= 15 is 0 Å². The molecule has 17 heavy (non-hydrogen) atoms. The second kappa shape index (κ2) is 6.36. The van der Waals surface area contributed by atoms with Gasteiger partial charge in [0.05, 0.1) is 18.3 Å². The van der Waals surface area contributed by atoms with Gasteiger partial charge in [-0.15, -0.1) is 0 Å². The van der Waals surface area contributed by atoms with Gasteiger partial charge in [0.2, 0.25) is 5.91 Å². The Morgan fingerprint density at radius 2 is 2.35 bits per heavy atom. The molecule has 1 aromatic heterocycles. The minimum absolute atomic E-state index is 0.0851. The van der Waals surface area contributed by atoms with Gasteiger partial charge >= 0.3 is 0 Å². The highest BCUT2D eigenvalue weighted by Crippen LogP contribution is 2.06. The van der Waals surface area contributed by atoms with Gasteiger partial charge in [-0.2, -0.15) is 5.10 Å². The van der Waals surface area contributed by atoms with E-state index in [0.29, 0.717) is 6.54 Å². The molecule has 6 nitrogen and oxygen atoms in total. The molecule has 1 saturated heterocycles. The maximum atomic E-state index is 11.5. The van der Waals surface area contributed by atoms with Gasteiger partial charge in [0, 0.05) is 6.20 Å². The fraction of sp³-hybridized carbons (Fsp3) is 0.636. The van der Waals surface area contributed by atoms with E-state index in [2.05, 4.69) is 20.8 Å². The lowest BCUT2D eigenvalue weighted by Gasteiger charge is -2.22. The van der Waals surface area contributed by atoms with E-state index in [1.807, 2.05) is 6.07 Å². The van der Waals surface area contributed by atoms with Crippen LogP contribution in [0.2, 0.25) is 0 Å². The number of carbonyl (C=O) groups excluding carboxylic acids is 1. The maximum Gasteiger partial charge on any atom is 0.246 e. The summed E-state index contributed by atoms with van der Waals surface area (Å²) in [6.45, 7) is 2.55. The van der Waals surface area contributed by atoms with E-state index in [0.717, 1.165) is 31.6 Å². The van der Waals surface area contributed by atoms with Crippen LogP contribution in [0.1, 0.15) is 18.5 Å². The molecular formula is C11H18N4O2. The number of aromatic amines is 1. The Bertz CT molecular complexity index is 333. The zero-order valence-corrected chi connectivity index (χ0v) is 9.74. The van der Waals surface area contributed by atoms with E-state index in [4.69, 9.17) is 4.74 Å². The zero-order chi connectivity index (χ0) is 11.9. The number of amides is 1. The molecule has 0 unspecified atom stereocenters. The Morgan fingerprint density at radius 3 is 3.06 bits per heavy atom. The summed E-state index contributed by atoms with van der Waals surface area (Å²) >= 11 is 0. The van der Waals surface area contributed by atoms with Gasteiger partial charge in [-0.3, -0.25) is 9.89 Å². The van der Waals surface area contributed by atoms with Crippen molar-refractivity contribution in [3.8, 4) is 0 Å². The molecule has 1 aliphatic rings. The summed E-state index contributed by atoms with van der Waals surface area (Å²) < 4.78 is 5.54. The molecular weight excluding hydrogens is 220 g/mol. The molecule has 94 valence electrons. The average molecular weight is 238 g/mol. The zero-order valence-electron chi connectivity index (χ0n) is 9.74. The van der Waals surface area contributed by atoms with E-state index in [1.54, 1.807) is 6.20 Å².